The Morgan fingerprint density at radius 2 is 1.98 bits per heavy atom. The molecule has 0 saturated carbocycles. The molecule has 4 N–H and O–H groups in total. The monoisotopic (exact) mass is 562 g/mol. The van der Waals surface area contributed by atoms with E-state index in [0.717, 1.165) is 44.8 Å². The van der Waals surface area contributed by atoms with Crippen LogP contribution < -0.4 is 10.9 Å². The second kappa shape index (κ2) is 12.0. The molecule has 1 aromatic carbocycles. The quantitative estimate of drug-likeness (QED) is 0.307. The minimum absolute atomic E-state index is 0. The Morgan fingerprint density at radius 1 is 1.17 bits per heavy atom. The van der Waals surface area contributed by atoms with Crippen molar-refractivity contribution >= 4 is 17.1 Å². The Balaban J connectivity index is 0.00000337. The number of halogens is 1. The SMILES string of the molecule is N.N#Cc1ccc(COc2ccn(C3CCN(Cc4nc5ccc(C(=O)O)nc5n4C[C@@H]4CCO4)CC3)n2)c(F)c1. The molecule has 0 bridgehead atoms. The fraction of sp³-hybridized carbons (Fsp3) is 0.393. The molecule has 0 spiro atoms. The summed E-state index contributed by atoms with van der Waals surface area (Å²) in [5, 5.41) is 22.9. The average molecular weight is 563 g/mol. The number of fused-ring (bicyclic) bond motifs is 1. The third-order valence-corrected chi connectivity index (χ3v) is 7.51. The highest BCUT2D eigenvalue weighted by molar-refractivity contribution is 5.88. The highest BCUT2D eigenvalue weighted by atomic mass is 19.1. The molecular formula is C28H31FN8O4. The van der Waals surface area contributed by atoms with E-state index < -0.39 is 11.8 Å². The van der Waals surface area contributed by atoms with Crippen LogP contribution in [0.15, 0.2) is 42.6 Å². The van der Waals surface area contributed by atoms with E-state index in [1.165, 1.54) is 12.1 Å². The number of nitrogens with zero attached hydrogens (tertiary/aromatic N) is 7. The third kappa shape index (κ3) is 6.04. The van der Waals surface area contributed by atoms with Gasteiger partial charge in [0.1, 0.15) is 23.8 Å². The van der Waals surface area contributed by atoms with Gasteiger partial charge in [-0.05, 0) is 43.5 Å². The number of carboxylic acids is 1. The number of pyridine rings is 1. The summed E-state index contributed by atoms with van der Waals surface area (Å²) in [5.74, 6) is -0.264. The van der Waals surface area contributed by atoms with Crippen LogP contribution >= 0.6 is 0 Å². The van der Waals surface area contributed by atoms with E-state index in [9.17, 15) is 14.3 Å². The minimum Gasteiger partial charge on any atom is -0.477 e. The normalized spacial score (nSPS) is 17.5. The number of hydrogen-bond donors (Lipinski definition) is 2. The zero-order valence-electron chi connectivity index (χ0n) is 22.4. The number of nitriles is 1. The van der Waals surface area contributed by atoms with Crippen LogP contribution in [-0.4, -0.2) is 66.1 Å². The number of rotatable bonds is 9. The predicted octanol–water partition coefficient (Wildman–Crippen LogP) is 3.70. The number of carbonyl (C=O) groups is 1. The van der Waals surface area contributed by atoms with Gasteiger partial charge < -0.3 is 25.3 Å². The molecule has 0 aliphatic carbocycles. The number of piperidine rings is 1. The van der Waals surface area contributed by atoms with Gasteiger partial charge in [-0.25, -0.2) is 19.2 Å². The molecule has 0 unspecified atom stereocenters. The van der Waals surface area contributed by atoms with Crippen molar-refractivity contribution in [1.29, 1.82) is 5.26 Å². The van der Waals surface area contributed by atoms with E-state index in [4.69, 9.17) is 19.7 Å². The zero-order valence-corrected chi connectivity index (χ0v) is 22.4. The second-order valence-electron chi connectivity index (χ2n) is 10.1. The first-order chi connectivity index (χ1) is 19.5. The largest absolute Gasteiger partial charge is 0.477 e. The zero-order chi connectivity index (χ0) is 27.6. The standard InChI is InChI=1S/C28H28FN7O4.H3N/c29-22-13-18(14-30)1-2-19(22)17-40-26-7-11-36(33-26)20-5-9-34(10-6-20)16-25-31-23-3-4-24(28(37)38)32-27(23)35(25)15-21-8-12-39-21;/h1-4,7,11,13,20-21H,5-6,8-10,12,15-17H2,(H,37,38);1H3/t21-;/m0./s1. The lowest BCUT2D eigenvalue weighted by Gasteiger charge is -2.32. The molecule has 3 aromatic heterocycles. The van der Waals surface area contributed by atoms with E-state index in [-0.39, 0.29) is 36.2 Å². The van der Waals surface area contributed by atoms with Gasteiger partial charge in [-0.1, -0.05) is 6.07 Å². The third-order valence-electron chi connectivity index (χ3n) is 7.51. The van der Waals surface area contributed by atoms with E-state index in [2.05, 4.69) is 15.0 Å². The number of ether oxygens (including phenoxy) is 2. The Hall–Kier alpha value is -4.38. The first kappa shape index (κ1) is 28.2. The lowest BCUT2D eigenvalue weighted by atomic mass is 10.1. The molecule has 0 radical (unpaired) electrons. The van der Waals surface area contributed by atoms with Crippen LogP contribution in [0.2, 0.25) is 0 Å². The summed E-state index contributed by atoms with van der Waals surface area (Å²) < 4.78 is 29.4. The molecule has 2 aliphatic heterocycles. The van der Waals surface area contributed by atoms with Crippen LogP contribution in [0, 0.1) is 17.1 Å². The summed E-state index contributed by atoms with van der Waals surface area (Å²) in [6.45, 7) is 3.67. The molecule has 6 rings (SSSR count). The van der Waals surface area contributed by atoms with Gasteiger partial charge in [0.15, 0.2) is 11.3 Å². The van der Waals surface area contributed by atoms with Crippen LogP contribution in [0.5, 0.6) is 5.88 Å². The molecule has 2 aliphatic rings. The smallest absolute Gasteiger partial charge is 0.354 e. The lowest BCUT2D eigenvalue weighted by molar-refractivity contribution is -0.0593. The number of aromatic carboxylic acids is 1. The van der Waals surface area contributed by atoms with E-state index in [1.807, 2.05) is 21.5 Å². The van der Waals surface area contributed by atoms with Crippen molar-refractivity contribution in [2.75, 3.05) is 19.7 Å². The van der Waals surface area contributed by atoms with E-state index >= 15 is 0 Å². The number of aromatic nitrogens is 5. The molecule has 5 heterocycles. The van der Waals surface area contributed by atoms with Gasteiger partial charge in [0, 0.05) is 37.5 Å². The van der Waals surface area contributed by atoms with Gasteiger partial charge in [-0.3, -0.25) is 9.58 Å². The molecule has 13 heteroatoms. The fourth-order valence-electron chi connectivity index (χ4n) is 5.14. The maximum atomic E-state index is 14.1. The van der Waals surface area contributed by atoms with Gasteiger partial charge >= 0.3 is 5.97 Å². The van der Waals surface area contributed by atoms with Crippen molar-refractivity contribution in [2.24, 2.45) is 0 Å². The molecule has 41 heavy (non-hydrogen) atoms. The molecule has 2 fully saturated rings. The molecule has 0 amide bonds. The summed E-state index contributed by atoms with van der Waals surface area (Å²) in [6.07, 6.45) is 4.70. The molecule has 12 nitrogen and oxygen atoms in total. The lowest BCUT2D eigenvalue weighted by Crippen LogP contribution is -2.36. The maximum absolute atomic E-state index is 14.1. The van der Waals surface area contributed by atoms with Crippen molar-refractivity contribution in [3.8, 4) is 11.9 Å². The van der Waals surface area contributed by atoms with Gasteiger partial charge in [0.25, 0.3) is 0 Å². The number of likely N-dealkylation sites (tertiary alicyclic amines) is 1. The van der Waals surface area contributed by atoms with Gasteiger partial charge in [0.05, 0.1) is 36.9 Å². The Labute approximate surface area is 235 Å². The van der Waals surface area contributed by atoms with Gasteiger partial charge in [-0.15, -0.1) is 5.10 Å². The molecule has 2 saturated heterocycles. The minimum atomic E-state index is -1.06. The highest BCUT2D eigenvalue weighted by Crippen LogP contribution is 2.26. The molecule has 4 aromatic rings. The summed E-state index contributed by atoms with van der Waals surface area (Å²) in [6, 6.07) is 11.4. The average Bonchev–Trinajstić information content (AvgIpc) is 3.54. The first-order valence-corrected chi connectivity index (χ1v) is 13.3. The van der Waals surface area contributed by atoms with Crippen LogP contribution in [0.3, 0.4) is 0 Å². The predicted molar refractivity (Wildman–Crippen MR) is 145 cm³/mol. The van der Waals surface area contributed by atoms with Crippen LogP contribution in [0.4, 0.5) is 4.39 Å². The first-order valence-electron chi connectivity index (χ1n) is 13.3. The second-order valence-corrected chi connectivity index (χ2v) is 10.1. The molecule has 214 valence electrons. The fourth-order valence-corrected chi connectivity index (χ4v) is 5.14. The Kier molecular flexibility index (Phi) is 8.25. The molecule has 1 atom stereocenters. The summed E-state index contributed by atoms with van der Waals surface area (Å²) >= 11 is 0. The number of imidazole rings is 1. The summed E-state index contributed by atoms with van der Waals surface area (Å²) in [5.41, 5.74) is 1.89. The van der Waals surface area contributed by atoms with Crippen LogP contribution in [-0.2, 0) is 24.4 Å². The van der Waals surface area contributed by atoms with Crippen LogP contribution in [0.1, 0.15) is 52.7 Å². The van der Waals surface area contributed by atoms with Crippen LogP contribution in [0.25, 0.3) is 11.2 Å². The summed E-state index contributed by atoms with van der Waals surface area (Å²) in [7, 11) is 0. The van der Waals surface area contributed by atoms with E-state index in [0.29, 0.717) is 35.7 Å². The van der Waals surface area contributed by atoms with Crippen molar-refractivity contribution in [3.05, 3.63) is 71.1 Å². The Bertz CT molecular complexity index is 1580. The topological polar surface area (TPSA) is 166 Å². The highest BCUT2D eigenvalue weighted by Gasteiger charge is 2.26. The van der Waals surface area contributed by atoms with Crippen molar-refractivity contribution in [2.45, 2.75) is 51.1 Å². The number of benzene rings is 1. The van der Waals surface area contributed by atoms with Gasteiger partial charge in [-0.2, -0.15) is 5.26 Å². The van der Waals surface area contributed by atoms with E-state index in [1.54, 1.807) is 24.3 Å². The van der Waals surface area contributed by atoms with Crippen molar-refractivity contribution in [3.63, 3.8) is 0 Å². The van der Waals surface area contributed by atoms with Gasteiger partial charge in [0.2, 0.25) is 5.88 Å². The number of carboxylic acid groups (broad SMARTS) is 1. The Morgan fingerprint density at radius 3 is 2.66 bits per heavy atom. The summed E-state index contributed by atoms with van der Waals surface area (Å²) in [4.78, 5) is 23.0. The van der Waals surface area contributed by atoms with Crippen molar-refractivity contribution < 1.29 is 23.8 Å². The maximum Gasteiger partial charge on any atom is 0.354 e. The van der Waals surface area contributed by atoms with Crippen molar-refractivity contribution in [1.82, 2.24) is 35.4 Å². The number of hydrogen-bond acceptors (Lipinski definition) is 9. The molecular weight excluding hydrogens is 531 g/mol.